The maximum absolute atomic E-state index is 12.3. The van der Waals surface area contributed by atoms with Gasteiger partial charge in [-0.2, -0.15) is 0 Å². The van der Waals surface area contributed by atoms with Crippen LogP contribution in [0.5, 0.6) is 0 Å². The van der Waals surface area contributed by atoms with E-state index in [0.717, 1.165) is 23.6 Å². The predicted molar refractivity (Wildman–Crippen MR) is 182 cm³/mol. The number of benzene rings is 4. The summed E-state index contributed by atoms with van der Waals surface area (Å²) in [5.74, 6) is -0.715. The fourth-order valence-corrected chi connectivity index (χ4v) is 7.59. The van der Waals surface area contributed by atoms with E-state index in [4.69, 9.17) is 11.6 Å². The number of amides is 4. The molecule has 0 aromatic heterocycles. The van der Waals surface area contributed by atoms with Crippen molar-refractivity contribution < 1.29 is 70.6 Å². The fourth-order valence-electron chi connectivity index (χ4n) is 4.02. The van der Waals surface area contributed by atoms with Crippen molar-refractivity contribution in [3.63, 3.8) is 0 Å². The van der Waals surface area contributed by atoms with Crippen LogP contribution in [0, 0.1) is 7.14 Å². The number of hydrogen-bond donors (Lipinski definition) is 0. The molecule has 0 spiro atoms. The molecule has 4 aromatic rings. The van der Waals surface area contributed by atoms with Gasteiger partial charge >= 0.3 is 51.4 Å². The minimum absolute atomic E-state index is 0. The van der Waals surface area contributed by atoms with Crippen LogP contribution in [0.3, 0.4) is 0 Å². The number of rotatable bonds is 3. The first-order chi connectivity index (χ1) is 19.6. The summed E-state index contributed by atoms with van der Waals surface area (Å²) >= 11 is 16.9. The SMILES string of the molecule is ClCc1cc(Br)cc(I)c1.O=C1[N-]C(=O)c2ccccc21.O=C1c2ccccc2C(=O)N1Cc1cc(Br)cc(I)c1.[K+]. The topological polar surface area (TPSA) is 85.6 Å². The van der Waals surface area contributed by atoms with Crippen LogP contribution in [0.4, 0.5) is 0 Å². The van der Waals surface area contributed by atoms with E-state index < -0.39 is 11.8 Å². The van der Waals surface area contributed by atoms with E-state index in [9.17, 15) is 19.2 Å². The normalized spacial score (nSPS) is 12.7. The Balaban J connectivity index is 0.000000187. The summed E-state index contributed by atoms with van der Waals surface area (Å²) in [4.78, 5) is 47.6. The second kappa shape index (κ2) is 16.7. The van der Waals surface area contributed by atoms with Gasteiger partial charge in [0.05, 0.1) is 29.5 Å². The van der Waals surface area contributed by atoms with Crippen molar-refractivity contribution >= 4 is 112 Å². The molecule has 6 nitrogen and oxygen atoms in total. The van der Waals surface area contributed by atoms with Crippen LogP contribution in [-0.4, -0.2) is 28.5 Å². The zero-order valence-corrected chi connectivity index (χ0v) is 33.3. The van der Waals surface area contributed by atoms with Gasteiger partial charge in [-0.3, -0.25) is 14.5 Å². The molecule has 0 atom stereocenters. The van der Waals surface area contributed by atoms with Crippen molar-refractivity contribution in [1.82, 2.24) is 4.90 Å². The molecule has 0 radical (unpaired) electrons. The number of carbonyl (C=O) groups excluding carboxylic acids is 4. The van der Waals surface area contributed by atoms with Gasteiger partial charge in [0.15, 0.2) is 0 Å². The molecular weight excluding hydrogens is 941 g/mol. The van der Waals surface area contributed by atoms with Gasteiger partial charge in [0.1, 0.15) is 0 Å². The van der Waals surface area contributed by atoms with Crippen LogP contribution in [0.1, 0.15) is 52.6 Å². The van der Waals surface area contributed by atoms with Gasteiger partial charge in [-0.1, -0.05) is 68.3 Å². The number of fused-ring (bicyclic) bond motifs is 2. The molecular formula is C30H18Br2ClI2KN2O4. The van der Waals surface area contributed by atoms with Crippen molar-refractivity contribution in [2.24, 2.45) is 0 Å². The summed E-state index contributed by atoms with van der Waals surface area (Å²) in [6.45, 7) is 0.293. The second-order valence-corrected chi connectivity index (χ2v) is 13.3. The number of imide groups is 2. The molecule has 2 aliphatic rings. The average Bonchev–Trinajstić information content (AvgIpc) is 3.36. The van der Waals surface area contributed by atoms with E-state index in [1.165, 1.54) is 8.47 Å². The molecule has 0 saturated heterocycles. The maximum Gasteiger partial charge on any atom is 1.00 e. The van der Waals surface area contributed by atoms with Gasteiger partial charge in [0.25, 0.3) is 11.8 Å². The summed E-state index contributed by atoms with van der Waals surface area (Å²) in [6.07, 6.45) is 0. The predicted octanol–water partition coefficient (Wildman–Crippen LogP) is 6.00. The zero-order chi connectivity index (χ0) is 29.7. The summed E-state index contributed by atoms with van der Waals surface area (Å²) in [5.41, 5.74) is 3.89. The van der Waals surface area contributed by atoms with Gasteiger partial charge in [0.2, 0.25) is 0 Å². The third-order valence-corrected chi connectivity index (χ3v) is 8.28. The quantitative estimate of drug-likeness (QED) is 0.109. The van der Waals surface area contributed by atoms with E-state index in [1.54, 1.807) is 48.5 Å². The average molecular weight is 959 g/mol. The number of carbonyl (C=O) groups is 4. The number of hydrogen-bond acceptors (Lipinski definition) is 4. The van der Waals surface area contributed by atoms with Crippen LogP contribution >= 0.6 is 88.6 Å². The van der Waals surface area contributed by atoms with Crippen molar-refractivity contribution in [3.8, 4) is 0 Å². The summed E-state index contributed by atoms with van der Waals surface area (Å²) in [5, 5.41) is 3.28. The Bertz CT molecular complexity index is 1580. The monoisotopic (exact) mass is 956 g/mol. The molecule has 4 amide bonds. The molecule has 0 N–H and O–H groups in total. The summed E-state index contributed by atoms with van der Waals surface area (Å²) < 4.78 is 4.30. The van der Waals surface area contributed by atoms with Crippen LogP contribution < -0.4 is 51.4 Å². The van der Waals surface area contributed by atoms with Crippen LogP contribution in [0.25, 0.3) is 5.32 Å². The van der Waals surface area contributed by atoms with E-state index in [1.807, 2.05) is 24.3 Å². The molecule has 208 valence electrons. The van der Waals surface area contributed by atoms with Crippen LogP contribution in [-0.2, 0) is 12.4 Å². The van der Waals surface area contributed by atoms with Crippen LogP contribution in [0.15, 0.2) is 93.9 Å². The molecule has 2 heterocycles. The Kier molecular flexibility index (Phi) is 14.3. The molecule has 0 fully saturated rings. The molecule has 4 aromatic carbocycles. The van der Waals surface area contributed by atoms with Crippen molar-refractivity contribution in [2.45, 2.75) is 12.4 Å². The number of nitrogens with zero attached hydrogens (tertiary/aromatic N) is 2. The van der Waals surface area contributed by atoms with E-state index in [-0.39, 0.29) is 63.2 Å². The second-order valence-electron chi connectivity index (χ2n) is 8.70. The molecule has 0 saturated carbocycles. The van der Waals surface area contributed by atoms with Gasteiger partial charge in [-0.05, 0) is 105 Å². The van der Waals surface area contributed by atoms with Crippen LogP contribution in [0.2, 0.25) is 0 Å². The Morgan fingerprint density at radius 1 is 0.643 bits per heavy atom. The van der Waals surface area contributed by atoms with Crippen molar-refractivity contribution in [1.29, 1.82) is 0 Å². The third-order valence-electron chi connectivity index (χ3n) is 5.81. The van der Waals surface area contributed by atoms with E-state index in [2.05, 4.69) is 94.5 Å². The molecule has 0 unspecified atom stereocenters. The Morgan fingerprint density at radius 2 is 1.05 bits per heavy atom. The van der Waals surface area contributed by atoms with Gasteiger partial charge < -0.3 is 14.9 Å². The largest absolute Gasteiger partial charge is 1.00 e. The fraction of sp³-hybridized carbons (Fsp3) is 0.0667. The standard InChI is InChI=1S/C15H9BrINO2.C8H5NO2.C7H5BrClI.K/c16-10-5-9(6-11(17)7-10)8-18-14(19)12-3-1-2-4-13(12)15(18)20;10-7-5-3-1-2-4-6(5)8(11)9-7;8-6-1-5(4-9)2-7(10)3-6;/h1-7H,8H2;1-4H,(H,9,10,11);1-3H,4H2;/q;;;+1/p-1. The molecule has 0 aliphatic carbocycles. The first kappa shape index (κ1) is 36.0. The molecule has 12 heteroatoms. The first-order valence-electron chi connectivity index (χ1n) is 11.9. The molecule has 42 heavy (non-hydrogen) atoms. The van der Waals surface area contributed by atoms with Gasteiger partial charge in [-0.25, -0.2) is 0 Å². The van der Waals surface area contributed by atoms with E-state index >= 15 is 0 Å². The Morgan fingerprint density at radius 3 is 1.48 bits per heavy atom. The summed E-state index contributed by atoms with van der Waals surface area (Å²) in [7, 11) is 0. The smallest absolute Gasteiger partial charge is 0.587 e. The maximum atomic E-state index is 12.3. The minimum Gasteiger partial charge on any atom is -0.587 e. The number of alkyl halides is 1. The van der Waals surface area contributed by atoms with E-state index in [0.29, 0.717) is 34.7 Å². The number of halogens is 5. The van der Waals surface area contributed by atoms with Crippen molar-refractivity contribution in [3.05, 3.63) is 140 Å². The molecule has 6 rings (SSSR count). The Labute approximate surface area is 334 Å². The molecule has 0 bridgehead atoms. The molecule has 2 aliphatic heterocycles. The van der Waals surface area contributed by atoms with Crippen molar-refractivity contribution in [2.75, 3.05) is 0 Å². The third kappa shape index (κ3) is 9.27. The van der Waals surface area contributed by atoms with Gasteiger partial charge in [-0.15, -0.1) is 11.6 Å². The first-order valence-corrected chi connectivity index (χ1v) is 16.2. The minimum atomic E-state index is -0.425. The summed E-state index contributed by atoms with van der Waals surface area (Å²) in [6, 6.07) is 25.6. The Hall–Kier alpha value is -0.494. The zero-order valence-electron chi connectivity index (χ0n) is 21.9. The van der Waals surface area contributed by atoms with Gasteiger partial charge in [0, 0.05) is 33.1 Å².